The zero-order valence-corrected chi connectivity index (χ0v) is 4.58. The van der Waals surface area contributed by atoms with E-state index in [2.05, 4.69) is 0 Å². The van der Waals surface area contributed by atoms with Crippen molar-refractivity contribution in [1.82, 2.24) is 0 Å². The van der Waals surface area contributed by atoms with Gasteiger partial charge in [0.25, 0.3) is 0 Å². The third-order valence-electron chi connectivity index (χ3n) is 1.26. The second kappa shape index (κ2) is 2.44. The van der Waals surface area contributed by atoms with Gasteiger partial charge in [0.1, 0.15) is 6.10 Å². The summed E-state index contributed by atoms with van der Waals surface area (Å²) in [4.78, 5) is 0. The molecule has 48 valence electrons. The highest BCUT2D eigenvalue weighted by atomic mass is 16.6. The van der Waals surface area contributed by atoms with Gasteiger partial charge in [-0.15, -0.1) is 0 Å². The van der Waals surface area contributed by atoms with E-state index in [9.17, 15) is 0 Å². The van der Waals surface area contributed by atoms with Crippen molar-refractivity contribution in [2.75, 3.05) is 6.61 Å². The zero-order valence-electron chi connectivity index (χ0n) is 4.58. The largest absolute Gasteiger partial charge is 0.388 e. The van der Waals surface area contributed by atoms with Crippen molar-refractivity contribution in [3.05, 3.63) is 0 Å². The van der Waals surface area contributed by atoms with Crippen LogP contribution in [0.5, 0.6) is 0 Å². The molecular formula is C5H10O3. The lowest BCUT2D eigenvalue weighted by molar-refractivity contribution is -0.185. The second-order valence-electron chi connectivity index (χ2n) is 1.97. The molecule has 1 heterocycles. The highest BCUT2D eigenvalue weighted by molar-refractivity contribution is 4.62. The molecule has 1 aliphatic heterocycles. The van der Waals surface area contributed by atoms with Crippen molar-refractivity contribution >= 4 is 0 Å². The van der Waals surface area contributed by atoms with Gasteiger partial charge < -0.3 is 14.9 Å². The standard InChI is InChI=1S/C5H10O3/c6-4-2-1-3-8-5(4)7/h4-7H,1-3H2/t4-,5-/m0/s1. The van der Waals surface area contributed by atoms with E-state index in [4.69, 9.17) is 14.9 Å². The van der Waals surface area contributed by atoms with Gasteiger partial charge in [-0.1, -0.05) is 0 Å². The van der Waals surface area contributed by atoms with Crippen LogP contribution in [0.15, 0.2) is 0 Å². The van der Waals surface area contributed by atoms with Gasteiger partial charge in [-0.2, -0.15) is 0 Å². The van der Waals surface area contributed by atoms with E-state index in [-0.39, 0.29) is 0 Å². The summed E-state index contributed by atoms with van der Waals surface area (Å²) in [5.41, 5.74) is 0. The van der Waals surface area contributed by atoms with Crippen molar-refractivity contribution in [2.45, 2.75) is 25.2 Å². The first-order valence-corrected chi connectivity index (χ1v) is 2.78. The number of ether oxygens (including phenoxy) is 1. The van der Waals surface area contributed by atoms with Crippen LogP contribution in [-0.4, -0.2) is 29.2 Å². The first kappa shape index (κ1) is 6.01. The quantitative estimate of drug-likeness (QED) is 0.450. The Morgan fingerprint density at radius 3 is 2.50 bits per heavy atom. The molecule has 1 rings (SSSR count). The predicted octanol–water partition coefficient (Wildman–Crippen LogP) is -0.524. The normalized spacial score (nSPS) is 39.8. The van der Waals surface area contributed by atoms with E-state index >= 15 is 0 Å². The Bertz CT molecular complexity index is 64.1. The van der Waals surface area contributed by atoms with Crippen molar-refractivity contribution in [2.24, 2.45) is 0 Å². The molecule has 0 unspecified atom stereocenters. The van der Waals surface area contributed by atoms with Gasteiger partial charge in [0.2, 0.25) is 0 Å². The summed E-state index contributed by atoms with van der Waals surface area (Å²) in [6, 6.07) is 0. The van der Waals surface area contributed by atoms with Gasteiger partial charge in [-0.25, -0.2) is 0 Å². The van der Waals surface area contributed by atoms with Crippen LogP contribution in [0.3, 0.4) is 0 Å². The predicted molar refractivity (Wildman–Crippen MR) is 27.2 cm³/mol. The van der Waals surface area contributed by atoms with Crippen molar-refractivity contribution in [1.29, 1.82) is 0 Å². The van der Waals surface area contributed by atoms with E-state index < -0.39 is 12.4 Å². The molecule has 0 aromatic rings. The van der Waals surface area contributed by atoms with Crippen molar-refractivity contribution in [3.8, 4) is 0 Å². The fourth-order valence-electron chi connectivity index (χ4n) is 0.750. The van der Waals surface area contributed by atoms with Crippen molar-refractivity contribution < 1.29 is 14.9 Å². The Kier molecular flexibility index (Phi) is 1.83. The first-order valence-electron chi connectivity index (χ1n) is 2.78. The minimum absolute atomic E-state index is 0.568. The SMILES string of the molecule is O[C@H]1CCCO[C@@H]1O. The van der Waals surface area contributed by atoms with Crippen LogP contribution in [0, 0.1) is 0 Å². The molecule has 0 amide bonds. The van der Waals surface area contributed by atoms with E-state index in [1.165, 1.54) is 0 Å². The second-order valence-corrected chi connectivity index (χ2v) is 1.97. The Hall–Kier alpha value is -0.120. The van der Waals surface area contributed by atoms with E-state index in [1.54, 1.807) is 0 Å². The van der Waals surface area contributed by atoms with Crippen LogP contribution in [0.2, 0.25) is 0 Å². The summed E-state index contributed by atoms with van der Waals surface area (Å²) < 4.78 is 4.70. The van der Waals surface area contributed by atoms with Crippen LogP contribution in [-0.2, 0) is 4.74 Å². The molecule has 1 fully saturated rings. The summed E-state index contributed by atoms with van der Waals surface area (Å²) in [6.45, 7) is 0.568. The molecule has 3 heteroatoms. The maximum absolute atomic E-state index is 8.80. The van der Waals surface area contributed by atoms with Crippen LogP contribution in [0.1, 0.15) is 12.8 Å². The Morgan fingerprint density at radius 1 is 1.38 bits per heavy atom. The minimum atomic E-state index is -0.941. The lowest BCUT2D eigenvalue weighted by Gasteiger charge is -2.22. The fraction of sp³-hybridized carbons (Fsp3) is 1.00. The molecule has 1 aliphatic rings. The molecule has 0 radical (unpaired) electrons. The zero-order chi connectivity index (χ0) is 5.98. The lowest BCUT2D eigenvalue weighted by atomic mass is 10.1. The summed E-state index contributed by atoms with van der Waals surface area (Å²) >= 11 is 0. The van der Waals surface area contributed by atoms with E-state index in [1.807, 2.05) is 0 Å². The fourth-order valence-corrected chi connectivity index (χ4v) is 0.750. The average Bonchev–Trinajstić information content (AvgIpc) is 1.77. The Labute approximate surface area is 47.9 Å². The monoisotopic (exact) mass is 118 g/mol. The third-order valence-corrected chi connectivity index (χ3v) is 1.26. The molecule has 0 aromatic heterocycles. The van der Waals surface area contributed by atoms with E-state index in [0.29, 0.717) is 13.0 Å². The highest BCUT2D eigenvalue weighted by Crippen LogP contribution is 2.10. The van der Waals surface area contributed by atoms with Crippen LogP contribution in [0.25, 0.3) is 0 Å². The molecule has 0 bridgehead atoms. The van der Waals surface area contributed by atoms with Gasteiger partial charge >= 0.3 is 0 Å². The molecule has 0 aliphatic carbocycles. The lowest BCUT2D eigenvalue weighted by Crippen LogP contribution is -2.33. The third kappa shape index (κ3) is 1.18. The van der Waals surface area contributed by atoms with Gasteiger partial charge in [0.05, 0.1) is 0 Å². The number of aliphatic hydroxyl groups excluding tert-OH is 2. The molecule has 3 nitrogen and oxygen atoms in total. The Balaban J connectivity index is 2.28. The van der Waals surface area contributed by atoms with Crippen molar-refractivity contribution in [3.63, 3.8) is 0 Å². The number of hydrogen-bond donors (Lipinski definition) is 2. The van der Waals surface area contributed by atoms with Gasteiger partial charge in [-0.05, 0) is 12.8 Å². The minimum Gasteiger partial charge on any atom is -0.388 e. The summed E-state index contributed by atoms with van der Waals surface area (Å²) in [7, 11) is 0. The maximum atomic E-state index is 8.80. The Morgan fingerprint density at radius 2 is 2.12 bits per heavy atom. The summed E-state index contributed by atoms with van der Waals surface area (Å²) in [6.07, 6.45) is -0.105. The van der Waals surface area contributed by atoms with Crippen LogP contribution in [0.4, 0.5) is 0 Å². The maximum Gasteiger partial charge on any atom is 0.180 e. The van der Waals surface area contributed by atoms with Crippen LogP contribution < -0.4 is 0 Å². The summed E-state index contributed by atoms with van der Waals surface area (Å²) in [5.74, 6) is 0. The number of aliphatic hydroxyl groups is 2. The summed E-state index contributed by atoms with van der Waals surface area (Å²) in [5, 5.41) is 17.5. The first-order chi connectivity index (χ1) is 3.80. The average molecular weight is 118 g/mol. The molecule has 2 atom stereocenters. The molecule has 8 heavy (non-hydrogen) atoms. The molecule has 0 spiro atoms. The highest BCUT2D eigenvalue weighted by Gasteiger charge is 2.20. The number of rotatable bonds is 0. The van der Waals surface area contributed by atoms with Gasteiger partial charge in [0.15, 0.2) is 6.29 Å². The van der Waals surface area contributed by atoms with Gasteiger partial charge in [0, 0.05) is 6.61 Å². The van der Waals surface area contributed by atoms with Gasteiger partial charge in [-0.3, -0.25) is 0 Å². The number of hydrogen-bond acceptors (Lipinski definition) is 3. The smallest absolute Gasteiger partial charge is 0.180 e. The molecule has 0 saturated carbocycles. The topological polar surface area (TPSA) is 49.7 Å². The van der Waals surface area contributed by atoms with Crippen LogP contribution >= 0.6 is 0 Å². The molecular weight excluding hydrogens is 108 g/mol. The molecule has 2 N–H and O–H groups in total. The molecule has 1 saturated heterocycles. The molecule has 0 aromatic carbocycles. The van der Waals surface area contributed by atoms with E-state index in [0.717, 1.165) is 6.42 Å².